The van der Waals surface area contributed by atoms with Gasteiger partial charge in [0.2, 0.25) is 5.91 Å². The molecular formula is C23H24ClN3O2S. The molecule has 1 saturated carbocycles. The Morgan fingerprint density at radius 3 is 2.63 bits per heavy atom. The molecule has 0 unspecified atom stereocenters. The smallest absolute Gasteiger partial charge is 0.266 e. The van der Waals surface area contributed by atoms with E-state index in [9.17, 15) is 9.59 Å². The van der Waals surface area contributed by atoms with Gasteiger partial charge in [-0.1, -0.05) is 67.2 Å². The predicted molar refractivity (Wildman–Crippen MR) is 123 cm³/mol. The monoisotopic (exact) mass is 441 g/mol. The van der Waals surface area contributed by atoms with Gasteiger partial charge in [-0.3, -0.25) is 14.2 Å². The van der Waals surface area contributed by atoms with Crippen LogP contribution in [0.25, 0.3) is 16.6 Å². The van der Waals surface area contributed by atoms with Gasteiger partial charge in [-0.05, 0) is 43.2 Å². The number of rotatable bonds is 5. The van der Waals surface area contributed by atoms with Crippen LogP contribution in [0.5, 0.6) is 0 Å². The number of amides is 1. The fourth-order valence-corrected chi connectivity index (χ4v) is 4.88. The van der Waals surface area contributed by atoms with Crippen LogP contribution in [0.4, 0.5) is 0 Å². The highest BCUT2D eigenvalue weighted by atomic mass is 35.5. The van der Waals surface area contributed by atoms with Crippen molar-refractivity contribution in [2.24, 2.45) is 0 Å². The number of benzene rings is 2. The van der Waals surface area contributed by atoms with E-state index in [0.29, 0.717) is 26.8 Å². The number of carbonyl (C=O) groups is 1. The van der Waals surface area contributed by atoms with Gasteiger partial charge < -0.3 is 5.32 Å². The van der Waals surface area contributed by atoms with Gasteiger partial charge in [-0.2, -0.15) is 0 Å². The van der Waals surface area contributed by atoms with Gasteiger partial charge in [-0.15, -0.1) is 0 Å². The lowest BCUT2D eigenvalue weighted by atomic mass is 10.1. The van der Waals surface area contributed by atoms with E-state index in [1.807, 2.05) is 24.3 Å². The van der Waals surface area contributed by atoms with E-state index >= 15 is 0 Å². The number of hydrogen-bond donors (Lipinski definition) is 1. The van der Waals surface area contributed by atoms with Crippen LogP contribution in [0.15, 0.2) is 58.5 Å². The number of halogens is 1. The Kier molecular flexibility index (Phi) is 6.75. The maximum absolute atomic E-state index is 13.2. The molecule has 0 atom stereocenters. The second-order valence-corrected chi connectivity index (χ2v) is 8.96. The first-order valence-electron chi connectivity index (χ1n) is 10.3. The molecule has 0 saturated heterocycles. The summed E-state index contributed by atoms with van der Waals surface area (Å²) in [7, 11) is 0. The Balaban J connectivity index is 1.61. The van der Waals surface area contributed by atoms with Crippen molar-refractivity contribution in [2.45, 2.75) is 49.7 Å². The van der Waals surface area contributed by atoms with Crippen molar-refractivity contribution < 1.29 is 4.79 Å². The number of hydrogen-bond acceptors (Lipinski definition) is 4. The molecule has 5 nitrogen and oxygen atoms in total. The van der Waals surface area contributed by atoms with Gasteiger partial charge >= 0.3 is 0 Å². The minimum absolute atomic E-state index is 0.0213. The number of aromatic nitrogens is 2. The summed E-state index contributed by atoms with van der Waals surface area (Å²) >= 11 is 7.44. The topological polar surface area (TPSA) is 64.0 Å². The van der Waals surface area contributed by atoms with Gasteiger partial charge in [0.25, 0.3) is 5.56 Å². The Morgan fingerprint density at radius 1 is 1.10 bits per heavy atom. The zero-order chi connectivity index (χ0) is 20.9. The summed E-state index contributed by atoms with van der Waals surface area (Å²) in [5, 5.41) is 4.71. The molecule has 30 heavy (non-hydrogen) atoms. The molecule has 1 aliphatic rings. The Hall–Kier alpha value is -2.31. The summed E-state index contributed by atoms with van der Waals surface area (Å²) in [4.78, 5) is 30.5. The third-order valence-electron chi connectivity index (χ3n) is 5.36. The Morgan fingerprint density at radius 2 is 1.87 bits per heavy atom. The van der Waals surface area contributed by atoms with Crippen molar-refractivity contribution in [1.82, 2.24) is 14.9 Å². The molecule has 0 radical (unpaired) electrons. The zero-order valence-corrected chi connectivity index (χ0v) is 18.2. The van der Waals surface area contributed by atoms with Crippen LogP contribution >= 0.6 is 23.4 Å². The Bertz CT molecular complexity index is 1110. The van der Waals surface area contributed by atoms with Crippen molar-refractivity contribution in [3.63, 3.8) is 0 Å². The molecule has 2 aromatic carbocycles. The van der Waals surface area contributed by atoms with Gasteiger partial charge in [-0.25, -0.2) is 4.98 Å². The summed E-state index contributed by atoms with van der Waals surface area (Å²) < 4.78 is 1.54. The molecule has 0 bridgehead atoms. The summed E-state index contributed by atoms with van der Waals surface area (Å²) in [5.74, 6) is 0.189. The maximum atomic E-state index is 13.2. The number of carbonyl (C=O) groups excluding carboxylic acids is 1. The second-order valence-electron chi connectivity index (χ2n) is 7.58. The average molecular weight is 442 g/mol. The van der Waals surface area contributed by atoms with E-state index in [2.05, 4.69) is 10.3 Å². The van der Waals surface area contributed by atoms with E-state index in [-0.39, 0.29) is 23.3 Å². The van der Waals surface area contributed by atoms with Crippen molar-refractivity contribution in [3.05, 3.63) is 63.9 Å². The molecule has 1 aliphatic carbocycles. The van der Waals surface area contributed by atoms with Gasteiger partial charge in [0, 0.05) is 11.1 Å². The predicted octanol–water partition coefficient (Wildman–Crippen LogP) is 4.97. The average Bonchev–Trinajstić information content (AvgIpc) is 3.01. The lowest BCUT2D eigenvalue weighted by molar-refractivity contribution is -0.119. The molecule has 1 fully saturated rings. The SMILES string of the molecule is O=C(CSc1nc2ccccc2c(=O)n1-c1cccc(Cl)c1)NC1CCCCCC1. The molecule has 4 rings (SSSR count). The first-order chi connectivity index (χ1) is 14.6. The zero-order valence-electron chi connectivity index (χ0n) is 16.6. The molecule has 1 amide bonds. The molecule has 0 spiro atoms. The molecule has 1 heterocycles. The molecule has 3 aromatic rings. The van der Waals surface area contributed by atoms with E-state index in [1.54, 1.807) is 24.3 Å². The van der Waals surface area contributed by atoms with Gasteiger partial charge in [0.05, 0.1) is 22.3 Å². The third kappa shape index (κ3) is 4.87. The van der Waals surface area contributed by atoms with Crippen molar-refractivity contribution >= 4 is 40.2 Å². The quantitative estimate of drug-likeness (QED) is 0.345. The summed E-state index contributed by atoms with van der Waals surface area (Å²) in [6, 6.07) is 14.6. The second kappa shape index (κ2) is 9.67. The number of nitrogens with one attached hydrogen (secondary N) is 1. The molecule has 0 aliphatic heterocycles. The van der Waals surface area contributed by atoms with Crippen LogP contribution in [0.2, 0.25) is 5.02 Å². The van der Waals surface area contributed by atoms with Crippen molar-refractivity contribution in [3.8, 4) is 5.69 Å². The third-order valence-corrected chi connectivity index (χ3v) is 6.54. The highest BCUT2D eigenvalue weighted by Crippen LogP contribution is 2.23. The minimum atomic E-state index is -0.172. The molecule has 156 valence electrons. The lowest BCUT2D eigenvalue weighted by Gasteiger charge is -2.17. The first kappa shape index (κ1) is 20.9. The number of nitrogens with zero attached hydrogens (tertiary/aromatic N) is 2. The number of para-hydroxylation sites is 1. The van der Waals surface area contributed by atoms with Gasteiger partial charge in [0.15, 0.2) is 5.16 Å². The van der Waals surface area contributed by atoms with Crippen molar-refractivity contribution in [1.29, 1.82) is 0 Å². The Labute approximate surface area is 184 Å². The highest BCUT2D eigenvalue weighted by molar-refractivity contribution is 7.99. The molecule has 7 heteroatoms. The lowest BCUT2D eigenvalue weighted by Crippen LogP contribution is -2.35. The van der Waals surface area contributed by atoms with Crippen LogP contribution in [0.1, 0.15) is 38.5 Å². The standard InChI is InChI=1S/C23H24ClN3O2S/c24-16-8-7-11-18(14-16)27-22(29)19-12-5-6-13-20(19)26-23(27)30-15-21(28)25-17-9-3-1-2-4-10-17/h5-8,11-14,17H,1-4,9-10,15H2,(H,25,28). The first-order valence-corrected chi connectivity index (χ1v) is 11.7. The fourth-order valence-electron chi connectivity index (χ4n) is 3.88. The largest absolute Gasteiger partial charge is 0.353 e. The van der Waals surface area contributed by atoms with Crippen LogP contribution in [-0.4, -0.2) is 27.3 Å². The molecular weight excluding hydrogens is 418 g/mol. The maximum Gasteiger partial charge on any atom is 0.266 e. The fraction of sp³-hybridized carbons (Fsp3) is 0.348. The summed E-state index contributed by atoms with van der Waals surface area (Å²) in [5.41, 5.74) is 1.08. The van der Waals surface area contributed by atoms with Crippen LogP contribution in [0, 0.1) is 0 Å². The van der Waals surface area contributed by atoms with E-state index in [1.165, 1.54) is 42.0 Å². The molecule has 1 N–H and O–H groups in total. The number of thioether (sulfide) groups is 1. The van der Waals surface area contributed by atoms with E-state index < -0.39 is 0 Å². The van der Waals surface area contributed by atoms with E-state index in [4.69, 9.17) is 11.6 Å². The summed E-state index contributed by atoms with van der Waals surface area (Å²) in [6.45, 7) is 0. The number of fused-ring (bicyclic) bond motifs is 1. The van der Waals surface area contributed by atoms with E-state index in [0.717, 1.165) is 12.8 Å². The minimum Gasteiger partial charge on any atom is -0.353 e. The normalized spacial score (nSPS) is 15.1. The van der Waals surface area contributed by atoms with Crippen LogP contribution < -0.4 is 10.9 Å². The molecule has 1 aromatic heterocycles. The van der Waals surface area contributed by atoms with Crippen LogP contribution in [-0.2, 0) is 4.79 Å². The van der Waals surface area contributed by atoms with Crippen molar-refractivity contribution in [2.75, 3.05) is 5.75 Å². The van der Waals surface area contributed by atoms with Gasteiger partial charge in [0.1, 0.15) is 0 Å². The van der Waals surface area contributed by atoms with Crippen LogP contribution in [0.3, 0.4) is 0 Å². The summed E-state index contributed by atoms with van der Waals surface area (Å²) in [6.07, 6.45) is 6.90. The highest BCUT2D eigenvalue weighted by Gasteiger charge is 2.18.